The van der Waals surface area contributed by atoms with Crippen molar-refractivity contribution in [3.63, 3.8) is 0 Å². The maximum absolute atomic E-state index is 13.2. The van der Waals surface area contributed by atoms with E-state index in [1.165, 1.54) is 0 Å². The van der Waals surface area contributed by atoms with E-state index in [2.05, 4.69) is 16.0 Å². The van der Waals surface area contributed by atoms with Crippen molar-refractivity contribution in [2.75, 3.05) is 13.1 Å². The molecule has 2 heterocycles. The summed E-state index contributed by atoms with van der Waals surface area (Å²) in [7, 11) is 0. The summed E-state index contributed by atoms with van der Waals surface area (Å²) in [6.45, 7) is 0.833. The second-order valence-corrected chi connectivity index (χ2v) is 9.51. The number of aliphatic hydroxyl groups excluding tert-OH is 1. The van der Waals surface area contributed by atoms with E-state index in [1.807, 2.05) is 0 Å². The monoisotopic (exact) mass is 517 g/mol. The van der Waals surface area contributed by atoms with Crippen LogP contribution in [0.1, 0.15) is 44.1 Å². The number of nitrogens with two attached hydrogens (primary N) is 1. The Labute approximate surface area is 214 Å². The summed E-state index contributed by atoms with van der Waals surface area (Å²) < 4.78 is 0. The molecule has 37 heavy (non-hydrogen) atoms. The fourth-order valence-corrected chi connectivity index (χ4v) is 4.78. The number of hydrogen-bond acceptors (Lipinski definition) is 7. The summed E-state index contributed by atoms with van der Waals surface area (Å²) in [4.78, 5) is 63.4. The molecule has 2 aliphatic heterocycles. The van der Waals surface area contributed by atoms with Crippen molar-refractivity contribution in [2.45, 2.75) is 75.2 Å². The van der Waals surface area contributed by atoms with Crippen molar-refractivity contribution >= 4 is 29.6 Å². The Morgan fingerprint density at radius 1 is 1.05 bits per heavy atom. The molecule has 12 nitrogen and oxygen atoms in total. The predicted octanol–water partition coefficient (Wildman–Crippen LogP) is -1.35. The molecule has 0 radical (unpaired) electrons. The fraction of sp³-hybridized carbons (Fsp3) is 0.560. The number of benzene rings is 1. The zero-order valence-corrected chi connectivity index (χ0v) is 20.6. The number of piperidine rings is 1. The van der Waals surface area contributed by atoms with Crippen molar-refractivity contribution in [3.05, 3.63) is 35.9 Å². The first-order valence-electron chi connectivity index (χ1n) is 12.5. The number of hydrogen-bond donors (Lipinski definition) is 6. The average Bonchev–Trinajstić information content (AvgIpc) is 3.38. The number of nitrogens with zero attached hydrogens (tertiary/aromatic N) is 1. The number of likely N-dealkylation sites (tertiary alicyclic amines) is 1. The van der Waals surface area contributed by atoms with Crippen LogP contribution < -0.4 is 21.7 Å². The minimum Gasteiger partial charge on any atom is -0.480 e. The molecule has 0 aliphatic carbocycles. The lowest BCUT2D eigenvalue weighted by Crippen LogP contribution is -2.59. The van der Waals surface area contributed by atoms with Crippen LogP contribution in [0.25, 0.3) is 0 Å². The summed E-state index contributed by atoms with van der Waals surface area (Å²) in [6.07, 6.45) is 0.932. The number of amides is 4. The van der Waals surface area contributed by atoms with Crippen molar-refractivity contribution in [1.29, 1.82) is 0 Å². The van der Waals surface area contributed by atoms with E-state index < -0.39 is 66.3 Å². The molecule has 7 N–H and O–H groups in total. The van der Waals surface area contributed by atoms with Gasteiger partial charge < -0.3 is 36.8 Å². The highest BCUT2D eigenvalue weighted by Crippen LogP contribution is 2.20. The summed E-state index contributed by atoms with van der Waals surface area (Å²) in [5.74, 6) is -4.02. The van der Waals surface area contributed by atoms with Crippen LogP contribution in [0.2, 0.25) is 0 Å². The molecular weight excluding hydrogens is 482 g/mol. The second-order valence-electron chi connectivity index (χ2n) is 9.51. The summed E-state index contributed by atoms with van der Waals surface area (Å²) in [5, 5.41) is 28.7. The molecule has 4 amide bonds. The number of carbonyl (C=O) groups is 5. The van der Waals surface area contributed by atoms with Gasteiger partial charge in [-0.05, 0) is 44.2 Å². The Bertz CT molecular complexity index is 983. The smallest absolute Gasteiger partial charge is 0.326 e. The van der Waals surface area contributed by atoms with Crippen LogP contribution in [-0.4, -0.2) is 88.1 Å². The molecule has 2 aliphatic rings. The fourth-order valence-electron chi connectivity index (χ4n) is 4.78. The number of carboxylic acids is 1. The summed E-state index contributed by atoms with van der Waals surface area (Å²) in [5.41, 5.74) is 6.03. The maximum Gasteiger partial charge on any atom is 0.326 e. The predicted molar refractivity (Wildman–Crippen MR) is 132 cm³/mol. The molecule has 1 aromatic carbocycles. The lowest BCUT2D eigenvalue weighted by molar-refractivity contribution is -0.153. The van der Waals surface area contributed by atoms with Gasteiger partial charge in [0.2, 0.25) is 17.7 Å². The van der Waals surface area contributed by atoms with E-state index in [0.29, 0.717) is 24.9 Å². The van der Waals surface area contributed by atoms with Gasteiger partial charge in [-0.1, -0.05) is 36.8 Å². The third-order valence-corrected chi connectivity index (χ3v) is 6.75. The third kappa shape index (κ3) is 7.73. The van der Waals surface area contributed by atoms with Crippen molar-refractivity contribution in [2.24, 2.45) is 5.73 Å². The van der Waals surface area contributed by atoms with Crippen LogP contribution in [0, 0.1) is 0 Å². The van der Waals surface area contributed by atoms with Crippen LogP contribution in [0.5, 0.6) is 0 Å². The van der Waals surface area contributed by atoms with Gasteiger partial charge in [0.05, 0.1) is 18.5 Å². The molecule has 0 spiro atoms. The highest BCUT2D eigenvalue weighted by molar-refractivity contribution is 5.94. The molecule has 5 atom stereocenters. The van der Waals surface area contributed by atoms with Crippen molar-refractivity contribution < 1.29 is 34.2 Å². The van der Waals surface area contributed by atoms with E-state index in [1.54, 1.807) is 30.3 Å². The first-order valence-corrected chi connectivity index (χ1v) is 12.5. The second kappa shape index (κ2) is 13.2. The van der Waals surface area contributed by atoms with Crippen molar-refractivity contribution in [3.8, 4) is 0 Å². The maximum atomic E-state index is 13.2. The van der Waals surface area contributed by atoms with E-state index in [-0.39, 0.29) is 19.4 Å². The first kappa shape index (κ1) is 28.1. The van der Waals surface area contributed by atoms with Crippen LogP contribution in [0.3, 0.4) is 0 Å². The normalized spacial score (nSPS) is 21.9. The Hall–Kier alpha value is -3.51. The van der Waals surface area contributed by atoms with Gasteiger partial charge in [0.15, 0.2) is 6.10 Å². The van der Waals surface area contributed by atoms with Gasteiger partial charge in [-0.15, -0.1) is 0 Å². The van der Waals surface area contributed by atoms with E-state index in [4.69, 9.17) is 5.73 Å². The highest BCUT2D eigenvalue weighted by atomic mass is 16.4. The van der Waals surface area contributed by atoms with Gasteiger partial charge >= 0.3 is 5.97 Å². The Morgan fingerprint density at radius 2 is 1.78 bits per heavy atom. The standard InChI is InChI=1S/C25H35N5O7/c26-20(31)14-18(29-22(33)16-9-4-5-11-27-16)23(34)28-17(13-15-7-2-1-3-8-15)21(32)24(35)30-12-6-10-19(30)25(36)37/h1-3,7-8,16-19,21,27,32H,4-6,9-14H2,(H2,26,31)(H,28,34)(H,29,33)(H,36,37)/t16-,17-,18-,19-,21?/m0/s1. The summed E-state index contributed by atoms with van der Waals surface area (Å²) >= 11 is 0. The van der Waals surface area contributed by atoms with Gasteiger partial charge in [-0.2, -0.15) is 0 Å². The van der Waals surface area contributed by atoms with Gasteiger partial charge in [0.25, 0.3) is 5.91 Å². The van der Waals surface area contributed by atoms with Crippen LogP contribution >= 0.6 is 0 Å². The number of aliphatic hydroxyl groups is 1. The zero-order valence-electron chi connectivity index (χ0n) is 20.6. The number of carboxylic acid groups (broad SMARTS) is 1. The zero-order chi connectivity index (χ0) is 26.9. The minimum atomic E-state index is -1.76. The lowest BCUT2D eigenvalue weighted by atomic mass is 9.99. The van der Waals surface area contributed by atoms with Crippen molar-refractivity contribution in [1.82, 2.24) is 20.9 Å². The molecule has 1 unspecified atom stereocenters. The molecule has 2 saturated heterocycles. The number of nitrogens with one attached hydrogen (secondary N) is 3. The molecule has 1 aromatic rings. The van der Waals surface area contributed by atoms with E-state index in [0.717, 1.165) is 17.7 Å². The molecule has 202 valence electrons. The SMILES string of the molecule is NC(=O)C[C@H](NC(=O)[C@@H]1CCCCN1)C(=O)N[C@@H](Cc1ccccc1)C(O)C(=O)N1CCC[C@H]1C(=O)O. The van der Waals surface area contributed by atoms with Crippen LogP contribution in [0.4, 0.5) is 0 Å². The van der Waals surface area contributed by atoms with Gasteiger partial charge in [0.1, 0.15) is 12.1 Å². The largest absolute Gasteiger partial charge is 0.480 e. The Morgan fingerprint density at radius 3 is 2.41 bits per heavy atom. The Balaban J connectivity index is 1.78. The minimum absolute atomic E-state index is 0.0481. The van der Waals surface area contributed by atoms with Gasteiger partial charge in [-0.3, -0.25) is 19.2 Å². The number of primary amides is 1. The molecule has 0 bridgehead atoms. The van der Waals surface area contributed by atoms with Gasteiger partial charge in [-0.25, -0.2) is 4.79 Å². The molecule has 2 fully saturated rings. The van der Waals surface area contributed by atoms with E-state index >= 15 is 0 Å². The van der Waals surface area contributed by atoms with Crippen LogP contribution in [-0.2, 0) is 30.4 Å². The van der Waals surface area contributed by atoms with Crippen LogP contribution in [0.15, 0.2) is 30.3 Å². The third-order valence-electron chi connectivity index (χ3n) is 6.75. The number of rotatable bonds is 11. The number of carbonyl (C=O) groups excluding carboxylic acids is 4. The topological polar surface area (TPSA) is 191 Å². The molecule has 12 heteroatoms. The molecule has 0 aromatic heterocycles. The first-order chi connectivity index (χ1) is 17.7. The van der Waals surface area contributed by atoms with E-state index in [9.17, 15) is 34.2 Å². The molecule has 0 saturated carbocycles. The quantitative estimate of drug-likeness (QED) is 0.208. The summed E-state index contributed by atoms with van der Waals surface area (Å²) in [6, 6.07) is 4.79. The Kier molecular flexibility index (Phi) is 9.98. The van der Waals surface area contributed by atoms with Gasteiger partial charge in [0, 0.05) is 6.54 Å². The highest BCUT2D eigenvalue weighted by Gasteiger charge is 2.40. The molecular formula is C25H35N5O7. The lowest BCUT2D eigenvalue weighted by Gasteiger charge is -2.31. The number of aliphatic carboxylic acids is 1. The molecule has 3 rings (SSSR count). The average molecular weight is 518 g/mol.